The van der Waals surface area contributed by atoms with Gasteiger partial charge in [0.15, 0.2) is 0 Å². The van der Waals surface area contributed by atoms with Crippen molar-refractivity contribution in [1.82, 2.24) is 4.98 Å². The fourth-order valence-electron chi connectivity index (χ4n) is 1.90. The average molecular weight is 164 g/mol. The molecule has 0 spiro atoms. The summed E-state index contributed by atoms with van der Waals surface area (Å²) in [5, 5.41) is 3.53. The number of aromatic amines is 1. The van der Waals surface area contributed by atoms with Gasteiger partial charge in [-0.15, -0.1) is 0 Å². The number of hydrogen-bond acceptors (Lipinski definition) is 1. The zero-order valence-corrected chi connectivity index (χ0v) is 7.56. The van der Waals surface area contributed by atoms with Crippen molar-refractivity contribution >= 4 is 5.69 Å². The van der Waals surface area contributed by atoms with E-state index in [1.54, 1.807) is 0 Å². The lowest BCUT2D eigenvalue weighted by Crippen LogP contribution is -2.13. The fraction of sp³-hybridized carbons (Fsp3) is 0.600. The molecule has 0 aromatic carbocycles. The first kappa shape index (κ1) is 7.71. The highest BCUT2D eigenvalue weighted by molar-refractivity contribution is 5.44. The van der Waals surface area contributed by atoms with E-state index in [-0.39, 0.29) is 0 Å². The third kappa shape index (κ3) is 1.63. The second-order valence-electron chi connectivity index (χ2n) is 3.70. The summed E-state index contributed by atoms with van der Waals surface area (Å²) in [6.45, 7) is 2.08. The van der Waals surface area contributed by atoms with Crippen LogP contribution in [-0.4, -0.2) is 11.0 Å². The molecule has 0 bridgehead atoms. The second-order valence-corrected chi connectivity index (χ2v) is 3.70. The van der Waals surface area contributed by atoms with Gasteiger partial charge in [0, 0.05) is 17.9 Å². The molecular formula is C10H16N2. The molecular weight excluding hydrogens is 148 g/mol. The van der Waals surface area contributed by atoms with E-state index in [0.717, 1.165) is 6.04 Å². The molecule has 0 amide bonds. The molecule has 66 valence electrons. The Morgan fingerprint density at radius 2 is 2.17 bits per heavy atom. The molecule has 0 unspecified atom stereocenters. The Hall–Kier alpha value is -0.920. The van der Waals surface area contributed by atoms with Crippen LogP contribution in [0.2, 0.25) is 0 Å². The molecule has 0 atom stereocenters. The minimum absolute atomic E-state index is 0.722. The Balaban J connectivity index is 1.94. The van der Waals surface area contributed by atoms with Crippen molar-refractivity contribution in [3.63, 3.8) is 0 Å². The number of rotatable bonds is 2. The fourth-order valence-corrected chi connectivity index (χ4v) is 1.90. The lowest BCUT2D eigenvalue weighted by molar-refractivity contribution is 0.756. The molecule has 2 N–H and O–H groups in total. The number of aryl methyl sites for hydroxylation is 1. The maximum atomic E-state index is 3.53. The van der Waals surface area contributed by atoms with Crippen LogP contribution in [0.4, 0.5) is 5.69 Å². The summed E-state index contributed by atoms with van der Waals surface area (Å²) in [6.07, 6.45) is 7.50. The molecule has 1 aromatic rings. The van der Waals surface area contributed by atoms with E-state index >= 15 is 0 Å². The summed E-state index contributed by atoms with van der Waals surface area (Å²) in [4.78, 5) is 3.18. The van der Waals surface area contributed by atoms with Gasteiger partial charge in [0.2, 0.25) is 0 Å². The van der Waals surface area contributed by atoms with E-state index in [2.05, 4.69) is 23.3 Å². The molecule has 1 aromatic heterocycles. The van der Waals surface area contributed by atoms with Gasteiger partial charge in [-0.1, -0.05) is 12.8 Å². The van der Waals surface area contributed by atoms with Crippen LogP contribution in [0, 0.1) is 6.92 Å². The summed E-state index contributed by atoms with van der Waals surface area (Å²) in [5.74, 6) is 0. The monoisotopic (exact) mass is 164 g/mol. The summed E-state index contributed by atoms with van der Waals surface area (Å²) in [6, 6.07) is 2.89. The van der Waals surface area contributed by atoms with Crippen LogP contribution in [0.3, 0.4) is 0 Å². The minimum atomic E-state index is 0.722. The van der Waals surface area contributed by atoms with Crippen LogP contribution in [0.15, 0.2) is 12.3 Å². The van der Waals surface area contributed by atoms with Gasteiger partial charge in [-0.3, -0.25) is 0 Å². The number of nitrogens with one attached hydrogen (secondary N) is 2. The van der Waals surface area contributed by atoms with Gasteiger partial charge in [0.05, 0.1) is 5.69 Å². The van der Waals surface area contributed by atoms with Crippen molar-refractivity contribution in [3.8, 4) is 0 Å². The summed E-state index contributed by atoms with van der Waals surface area (Å²) in [7, 11) is 0. The predicted octanol–water partition coefficient (Wildman–Crippen LogP) is 2.68. The molecule has 2 rings (SSSR count). The van der Waals surface area contributed by atoms with Gasteiger partial charge in [-0.05, 0) is 25.8 Å². The maximum absolute atomic E-state index is 3.53. The summed E-state index contributed by atoms with van der Waals surface area (Å²) >= 11 is 0. The molecule has 12 heavy (non-hydrogen) atoms. The predicted molar refractivity (Wildman–Crippen MR) is 51.4 cm³/mol. The molecule has 0 radical (unpaired) electrons. The SMILES string of the molecule is Cc1cc(NC2CCCC2)c[nH]1. The van der Waals surface area contributed by atoms with Crippen molar-refractivity contribution in [2.75, 3.05) is 5.32 Å². The number of anilines is 1. The minimum Gasteiger partial charge on any atom is -0.381 e. The smallest absolute Gasteiger partial charge is 0.0522 e. The van der Waals surface area contributed by atoms with Crippen LogP contribution < -0.4 is 5.32 Å². The summed E-state index contributed by atoms with van der Waals surface area (Å²) in [5.41, 5.74) is 2.48. The molecule has 2 nitrogen and oxygen atoms in total. The Bertz CT molecular complexity index is 246. The summed E-state index contributed by atoms with van der Waals surface area (Å²) < 4.78 is 0. The van der Waals surface area contributed by atoms with Gasteiger partial charge < -0.3 is 10.3 Å². The molecule has 1 aliphatic rings. The van der Waals surface area contributed by atoms with Crippen molar-refractivity contribution in [2.45, 2.75) is 38.6 Å². The second kappa shape index (κ2) is 3.21. The van der Waals surface area contributed by atoms with E-state index in [4.69, 9.17) is 0 Å². The zero-order valence-electron chi connectivity index (χ0n) is 7.56. The Morgan fingerprint density at radius 1 is 1.42 bits per heavy atom. The normalized spacial score (nSPS) is 18.4. The average Bonchev–Trinajstić information content (AvgIpc) is 2.63. The third-order valence-electron chi connectivity index (χ3n) is 2.55. The van der Waals surface area contributed by atoms with Crippen LogP contribution in [0.5, 0.6) is 0 Å². The highest BCUT2D eigenvalue weighted by Crippen LogP contribution is 2.22. The topological polar surface area (TPSA) is 27.8 Å². The lowest BCUT2D eigenvalue weighted by Gasteiger charge is -2.10. The van der Waals surface area contributed by atoms with Gasteiger partial charge >= 0.3 is 0 Å². The van der Waals surface area contributed by atoms with E-state index < -0.39 is 0 Å². The van der Waals surface area contributed by atoms with Gasteiger partial charge in [-0.25, -0.2) is 0 Å². The third-order valence-corrected chi connectivity index (χ3v) is 2.55. The Morgan fingerprint density at radius 3 is 2.75 bits per heavy atom. The van der Waals surface area contributed by atoms with Crippen LogP contribution in [-0.2, 0) is 0 Å². The molecule has 0 aliphatic heterocycles. The molecule has 1 fully saturated rings. The van der Waals surface area contributed by atoms with Crippen LogP contribution >= 0.6 is 0 Å². The Kier molecular flexibility index (Phi) is 2.07. The molecule has 1 heterocycles. The first-order valence-electron chi connectivity index (χ1n) is 4.76. The van der Waals surface area contributed by atoms with E-state index in [9.17, 15) is 0 Å². The first-order chi connectivity index (χ1) is 5.84. The van der Waals surface area contributed by atoms with E-state index in [0.29, 0.717) is 0 Å². The highest BCUT2D eigenvalue weighted by atomic mass is 14.9. The standard InChI is InChI=1S/C10H16N2/c1-8-6-10(7-11-8)12-9-4-2-3-5-9/h6-7,9,11-12H,2-5H2,1H3. The van der Waals surface area contributed by atoms with Crippen molar-refractivity contribution in [3.05, 3.63) is 18.0 Å². The van der Waals surface area contributed by atoms with E-state index in [1.807, 2.05) is 6.20 Å². The highest BCUT2D eigenvalue weighted by Gasteiger charge is 2.14. The van der Waals surface area contributed by atoms with Crippen molar-refractivity contribution in [2.24, 2.45) is 0 Å². The largest absolute Gasteiger partial charge is 0.381 e. The van der Waals surface area contributed by atoms with Gasteiger partial charge in [0.1, 0.15) is 0 Å². The Labute approximate surface area is 73.4 Å². The quantitative estimate of drug-likeness (QED) is 0.691. The van der Waals surface area contributed by atoms with Crippen LogP contribution in [0.1, 0.15) is 31.4 Å². The van der Waals surface area contributed by atoms with E-state index in [1.165, 1.54) is 37.1 Å². The van der Waals surface area contributed by atoms with Gasteiger partial charge in [0.25, 0.3) is 0 Å². The van der Waals surface area contributed by atoms with Crippen molar-refractivity contribution in [1.29, 1.82) is 0 Å². The van der Waals surface area contributed by atoms with Gasteiger partial charge in [-0.2, -0.15) is 0 Å². The molecule has 0 saturated heterocycles. The first-order valence-corrected chi connectivity index (χ1v) is 4.76. The molecule has 1 saturated carbocycles. The van der Waals surface area contributed by atoms with Crippen LogP contribution in [0.25, 0.3) is 0 Å². The molecule has 2 heteroatoms. The number of hydrogen-bond donors (Lipinski definition) is 2. The number of aromatic nitrogens is 1. The maximum Gasteiger partial charge on any atom is 0.0522 e. The lowest BCUT2D eigenvalue weighted by atomic mass is 10.2. The number of H-pyrrole nitrogens is 1. The zero-order chi connectivity index (χ0) is 8.39. The van der Waals surface area contributed by atoms with Crippen molar-refractivity contribution < 1.29 is 0 Å². The molecule has 1 aliphatic carbocycles.